The molecule has 3 aromatic carbocycles. The Balaban J connectivity index is 2.30. The zero-order valence-electron chi connectivity index (χ0n) is 11.0. The Bertz CT molecular complexity index is 916. The van der Waals surface area contributed by atoms with Gasteiger partial charge in [-0.15, -0.1) is 0 Å². The molecular formula is C16H13NO3S. The minimum absolute atomic E-state index is 0.113. The third kappa shape index (κ3) is 2.61. The van der Waals surface area contributed by atoms with E-state index in [4.69, 9.17) is 5.73 Å². The molecule has 0 aliphatic carbocycles. The summed E-state index contributed by atoms with van der Waals surface area (Å²) in [6.45, 7) is 0. The summed E-state index contributed by atoms with van der Waals surface area (Å²) in [5, 5.41) is 1.66. The van der Waals surface area contributed by atoms with E-state index in [0.717, 1.165) is 21.9 Å². The summed E-state index contributed by atoms with van der Waals surface area (Å²) in [5.74, 6) is 0. The van der Waals surface area contributed by atoms with Gasteiger partial charge in [0.15, 0.2) is 0 Å². The number of nitrogens with two attached hydrogens (primary N) is 1. The van der Waals surface area contributed by atoms with Crippen LogP contribution in [0.25, 0.3) is 21.9 Å². The van der Waals surface area contributed by atoms with Crippen molar-refractivity contribution in [1.29, 1.82) is 0 Å². The molecule has 0 radical (unpaired) electrons. The highest BCUT2D eigenvalue weighted by atomic mass is 32.2. The van der Waals surface area contributed by atoms with Crippen LogP contribution < -0.4 is 5.73 Å². The van der Waals surface area contributed by atoms with Gasteiger partial charge in [0.2, 0.25) is 0 Å². The van der Waals surface area contributed by atoms with Crippen LogP contribution in [0.3, 0.4) is 0 Å². The molecule has 0 fully saturated rings. The molecule has 0 spiro atoms. The van der Waals surface area contributed by atoms with Gasteiger partial charge in [-0.3, -0.25) is 4.55 Å². The molecule has 3 aromatic rings. The van der Waals surface area contributed by atoms with Crippen molar-refractivity contribution in [2.24, 2.45) is 0 Å². The molecule has 0 heterocycles. The zero-order chi connectivity index (χ0) is 15.0. The summed E-state index contributed by atoms with van der Waals surface area (Å²) in [6.07, 6.45) is 0. The molecule has 0 aliphatic rings. The fourth-order valence-corrected chi connectivity index (χ4v) is 2.83. The minimum atomic E-state index is -4.22. The van der Waals surface area contributed by atoms with Crippen molar-refractivity contribution in [3.8, 4) is 11.1 Å². The summed E-state index contributed by atoms with van der Waals surface area (Å²) in [4.78, 5) is -0.113. The van der Waals surface area contributed by atoms with Crippen molar-refractivity contribution in [3.05, 3.63) is 60.7 Å². The average molecular weight is 299 g/mol. The predicted octanol–water partition coefficient (Wildman–Crippen LogP) is 3.34. The standard InChI is InChI=1S/C16H13NO3S/c17-13-7-4-12(5-8-13)15-3-1-2-11-6-9-14(10-16(11)15)21(18,19)20/h1-10H,17H2,(H,18,19,20). The Morgan fingerprint density at radius 2 is 1.62 bits per heavy atom. The van der Waals surface area contributed by atoms with Gasteiger partial charge in [0.1, 0.15) is 0 Å². The second kappa shape index (κ2) is 4.87. The van der Waals surface area contributed by atoms with E-state index < -0.39 is 10.1 Å². The van der Waals surface area contributed by atoms with Crippen LogP contribution in [-0.2, 0) is 10.1 Å². The van der Waals surface area contributed by atoms with Crippen molar-refractivity contribution in [2.75, 3.05) is 5.73 Å². The predicted molar refractivity (Wildman–Crippen MR) is 83.6 cm³/mol. The molecule has 0 aliphatic heterocycles. The molecule has 3 N–H and O–H groups in total. The summed E-state index contributed by atoms with van der Waals surface area (Å²) < 4.78 is 31.8. The van der Waals surface area contributed by atoms with E-state index in [9.17, 15) is 13.0 Å². The number of hydrogen-bond donors (Lipinski definition) is 2. The molecule has 0 unspecified atom stereocenters. The first-order chi connectivity index (χ1) is 9.95. The van der Waals surface area contributed by atoms with E-state index >= 15 is 0 Å². The molecule has 21 heavy (non-hydrogen) atoms. The molecule has 0 atom stereocenters. The first-order valence-corrected chi connectivity index (χ1v) is 7.75. The minimum Gasteiger partial charge on any atom is -0.399 e. The molecule has 0 aromatic heterocycles. The largest absolute Gasteiger partial charge is 0.399 e. The van der Waals surface area contributed by atoms with E-state index in [1.807, 2.05) is 30.3 Å². The quantitative estimate of drug-likeness (QED) is 0.562. The molecule has 0 amide bonds. The zero-order valence-corrected chi connectivity index (χ0v) is 11.8. The maximum Gasteiger partial charge on any atom is 0.294 e. The van der Waals surface area contributed by atoms with Crippen molar-refractivity contribution in [3.63, 3.8) is 0 Å². The van der Waals surface area contributed by atoms with E-state index in [2.05, 4.69) is 0 Å². The van der Waals surface area contributed by atoms with E-state index in [0.29, 0.717) is 5.69 Å². The van der Waals surface area contributed by atoms with Crippen LogP contribution in [0, 0.1) is 0 Å². The Labute approximate surface area is 122 Å². The Kier molecular flexibility index (Phi) is 3.16. The monoisotopic (exact) mass is 299 g/mol. The Morgan fingerprint density at radius 3 is 2.29 bits per heavy atom. The second-order valence-electron chi connectivity index (χ2n) is 4.79. The fraction of sp³-hybridized carbons (Fsp3) is 0. The summed E-state index contributed by atoms with van der Waals surface area (Å²) in [5.41, 5.74) is 8.17. The van der Waals surface area contributed by atoms with Crippen LogP contribution in [0.2, 0.25) is 0 Å². The first kappa shape index (κ1) is 13.6. The van der Waals surface area contributed by atoms with Crippen LogP contribution in [0.4, 0.5) is 5.69 Å². The number of nitrogen functional groups attached to an aromatic ring is 1. The number of fused-ring (bicyclic) bond motifs is 1. The fourth-order valence-electron chi connectivity index (χ4n) is 2.33. The van der Waals surface area contributed by atoms with Crippen LogP contribution >= 0.6 is 0 Å². The summed E-state index contributed by atoms with van der Waals surface area (Å²) in [6, 6.07) is 17.6. The van der Waals surface area contributed by atoms with Gasteiger partial charge in [-0.2, -0.15) is 8.42 Å². The number of hydrogen-bond acceptors (Lipinski definition) is 3. The highest BCUT2D eigenvalue weighted by molar-refractivity contribution is 7.85. The molecule has 3 rings (SSSR count). The SMILES string of the molecule is Nc1ccc(-c2cccc3ccc(S(=O)(=O)O)cc23)cc1. The summed E-state index contributed by atoms with van der Waals surface area (Å²) >= 11 is 0. The third-order valence-corrected chi connectivity index (χ3v) is 4.22. The maximum absolute atomic E-state index is 11.3. The van der Waals surface area contributed by atoms with Crippen molar-refractivity contribution in [2.45, 2.75) is 4.90 Å². The molecule has 0 saturated carbocycles. The maximum atomic E-state index is 11.3. The molecule has 5 heteroatoms. The number of anilines is 1. The molecule has 0 saturated heterocycles. The van der Waals surface area contributed by atoms with Crippen molar-refractivity contribution < 1.29 is 13.0 Å². The van der Waals surface area contributed by atoms with Crippen molar-refractivity contribution >= 4 is 26.6 Å². The highest BCUT2D eigenvalue weighted by Crippen LogP contribution is 2.30. The van der Waals surface area contributed by atoms with E-state index in [-0.39, 0.29) is 4.90 Å². The van der Waals surface area contributed by atoms with Crippen LogP contribution in [-0.4, -0.2) is 13.0 Å². The van der Waals surface area contributed by atoms with Gasteiger partial charge in [0.25, 0.3) is 10.1 Å². The molecular weight excluding hydrogens is 286 g/mol. The Hall–Kier alpha value is -2.37. The number of benzene rings is 3. The molecule has 4 nitrogen and oxygen atoms in total. The Morgan fingerprint density at radius 1 is 0.905 bits per heavy atom. The first-order valence-electron chi connectivity index (χ1n) is 6.31. The van der Waals surface area contributed by atoms with E-state index in [1.54, 1.807) is 18.2 Å². The normalized spacial score (nSPS) is 11.7. The third-order valence-electron chi connectivity index (χ3n) is 3.37. The number of rotatable bonds is 2. The summed E-state index contributed by atoms with van der Waals surface area (Å²) in [7, 11) is -4.22. The van der Waals surface area contributed by atoms with Crippen molar-refractivity contribution in [1.82, 2.24) is 0 Å². The second-order valence-corrected chi connectivity index (χ2v) is 6.21. The smallest absolute Gasteiger partial charge is 0.294 e. The van der Waals surface area contributed by atoms with Gasteiger partial charge < -0.3 is 5.73 Å². The lowest BCUT2D eigenvalue weighted by molar-refractivity contribution is 0.483. The van der Waals surface area contributed by atoms with Gasteiger partial charge in [0.05, 0.1) is 4.90 Å². The van der Waals surface area contributed by atoms with Gasteiger partial charge in [-0.25, -0.2) is 0 Å². The highest BCUT2D eigenvalue weighted by Gasteiger charge is 2.12. The van der Waals surface area contributed by atoms with Gasteiger partial charge in [-0.1, -0.05) is 36.4 Å². The lowest BCUT2D eigenvalue weighted by Gasteiger charge is -2.08. The average Bonchev–Trinajstić information content (AvgIpc) is 2.46. The topological polar surface area (TPSA) is 80.4 Å². The van der Waals surface area contributed by atoms with Gasteiger partial charge in [-0.05, 0) is 46.2 Å². The molecule has 0 bridgehead atoms. The molecule has 106 valence electrons. The van der Waals surface area contributed by atoms with Crippen LogP contribution in [0.5, 0.6) is 0 Å². The van der Waals surface area contributed by atoms with Crippen LogP contribution in [0.1, 0.15) is 0 Å². The van der Waals surface area contributed by atoms with E-state index in [1.165, 1.54) is 12.1 Å². The van der Waals surface area contributed by atoms with Gasteiger partial charge >= 0.3 is 0 Å². The van der Waals surface area contributed by atoms with Gasteiger partial charge in [0, 0.05) is 5.69 Å². The van der Waals surface area contributed by atoms with Crippen LogP contribution in [0.15, 0.2) is 65.6 Å². The lowest BCUT2D eigenvalue weighted by Crippen LogP contribution is -1.97. The lowest BCUT2D eigenvalue weighted by atomic mass is 9.98.